The fourth-order valence-electron chi connectivity index (χ4n) is 2.64. The van der Waals surface area contributed by atoms with Crippen LogP contribution < -0.4 is 5.73 Å². The van der Waals surface area contributed by atoms with Crippen molar-refractivity contribution in [1.82, 2.24) is 14.7 Å². The van der Waals surface area contributed by atoms with E-state index in [-0.39, 0.29) is 49.1 Å². The largest absolute Gasteiger partial charge is 0.339 e. The third kappa shape index (κ3) is 3.82. The van der Waals surface area contributed by atoms with Gasteiger partial charge in [-0.1, -0.05) is 0 Å². The van der Waals surface area contributed by atoms with Gasteiger partial charge in [-0.15, -0.1) is 0 Å². The van der Waals surface area contributed by atoms with Gasteiger partial charge in [-0.2, -0.15) is 0 Å². The maximum absolute atomic E-state index is 12.2. The molecule has 2 aliphatic rings. The average Bonchev–Trinajstić information content (AvgIpc) is 2.78. The molecule has 0 bridgehead atoms. The first-order valence-corrected chi connectivity index (χ1v) is 7.53. The van der Waals surface area contributed by atoms with Crippen LogP contribution in [0.25, 0.3) is 0 Å². The van der Waals surface area contributed by atoms with Gasteiger partial charge in [0.05, 0.1) is 0 Å². The molecular weight excluding hydrogens is 288 g/mol. The Hall–Kier alpha value is -1.96. The van der Waals surface area contributed by atoms with E-state index in [0.717, 1.165) is 4.90 Å². The predicted molar refractivity (Wildman–Crippen MR) is 77.4 cm³/mol. The molecule has 8 heteroatoms. The molecule has 122 valence electrons. The third-order valence-corrected chi connectivity index (χ3v) is 3.93. The topological polar surface area (TPSA) is 104 Å². The molecule has 1 atom stereocenters. The van der Waals surface area contributed by atoms with Crippen molar-refractivity contribution in [1.29, 1.82) is 0 Å². The van der Waals surface area contributed by atoms with E-state index in [1.54, 1.807) is 16.7 Å². The Morgan fingerprint density at radius 3 is 1.91 bits per heavy atom. The molecular formula is C14H22N4O4. The molecule has 2 fully saturated rings. The number of nitrogens with zero attached hydrogens (tertiary/aromatic N) is 3. The molecule has 0 saturated carbocycles. The van der Waals surface area contributed by atoms with Gasteiger partial charge in [0.2, 0.25) is 23.6 Å². The second-order valence-electron chi connectivity index (χ2n) is 5.82. The van der Waals surface area contributed by atoms with Crippen LogP contribution in [0.4, 0.5) is 0 Å². The Morgan fingerprint density at radius 1 is 1.00 bits per heavy atom. The quantitative estimate of drug-likeness (QED) is 0.639. The molecule has 22 heavy (non-hydrogen) atoms. The number of amides is 4. The fraction of sp³-hybridized carbons (Fsp3) is 0.714. The van der Waals surface area contributed by atoms with Crippen molar-refractivity contribution in [3.63, 3.8) is 0 Å². The lowest BCUT2D eigenvalue weighted by molar-refractivity contribution is -0.147. The molecule has 2 heterocycles. The van der Waals surface area contributed by atoms with Gasteiger partial charge in [0, 0.05) is 51.5 Å². The Kier molecular flexibility index (Phi) is 5.12. The van der Waals surface area contributed by atoms with Crippen LogP contribution in [0.5, 0.6) is 0 Å². The summed E-state index contributed by atoms with van der Waals surface area (Å²) in [4.78, 5) is 51.4. The second-order valence-corrected chi connectivity index (χ2v) is 5.82. The molecule has 2 rings (SSSR count). The van der Waals surface area contributed by atoms with Crippen molar-refractivity contribution in [2.75, 3.05) is 32.7 Å². The van der Waals surface area contributed by atoms with E-state index in [1.807, 2.05) is 0 Å². The molecule has 2 aliphatic heterocycles. The number of carbonyl (C=O) groups excluding carboxylic acids is 4. The number of rotatable bonds is 4. The van der Waals surface area contributed by atoms with E-state index in [2.05, 4.69) is 0 Å². The van der Waals surface area contributed by atoms with Crippen LogP contribution in [0.1, 0.15) is 26.2 Å². The highest BCUT2D eigenvalue weighted by Gasteiger charge is 2.32. The standard InChI is InChI=1S/C14H22N4O4/c1-10(15)8-13(21)16-4-6-17(7-5-16)14(22)9-18-11(19)2-3-12(18)20/h10H,2-9,15H2,1H3. The third-order valence-electron chi connectivity index (χ3n) is 3.93. The van der Waals surface area contributed by atoms with E-state index < -0.39 is 0 Å². The van der Waals surface area contributed by atoms with Crippen LogP contribution in [0.15, 0.2) is 0 Å². The number of imide groups is 1. The normalized spacial score (nSPS) is 20.5. The molecule has 4 amide bonds. The van der Waals surface area contributed by atoms with Gasteiger partial charge < -0.3 is 15.5 Å². The van der Waals surface area contributed by atoms with E-state index in [1.165, 1.54) is 0 Å². The minimum absolute atomic E-state index is 0.00741. The van der Waals surface area contributed by atoms with Gasteiger partial charge >= 0.3 is 0 Å². The van der Waals surface area contributed by atoms with Crippen LogP contribution in [-0.2, 0) is 19.2 Å². The summed E-state index contributed by atoms with van der Waals surface area (Å²) in [6.07, 6.45) is 0.669. The number of hydrogen-bond acceptors (Lipinski definition) is 5. The summed E-state index contributed by atoms with van der Waals surface area (Å²) >= 11 is 0. The number of hydrogen-bond donors (Lipinski definition) is 1. The molecule has 0 aromatic rings. The smallest absolute Gasteiger partial charge is 0.242 e. The monoisotopic (exact) mass is 310 g/mol. The van der Waals surface area contributed by atoms with Crippen LogP contribution in [-0.4, -0.2) is 77.1 Å². The molecule has 0 aromatic carbocycles. The first kappa shape index (κ1) is 16.4. The summed E-state index contributed by atoms with van der Waals surface area (Å²) in [6, 6.07) is -0.181. The highest BCUT2D eigenvalue weighted by molar-refractivity contribution is 6.04. The lowest BCUT2D eigenvalue weighted by Gasteiger charge is -2.35. The number of likely N-dealkylation sites (tertiary alicyclic amines) is 1. The van der Waals surface area contributed by atoms with Gasteiger partial charge in [0.1, 0.15) is 6.54 Å². The minimum atomic E-state index is -0.288. The molecule has 0 aromatic heterocycles. The molecule has 8 nitrogen and oxygen atoms in total. The van der Waals surface area contributed by atoms with Crippen LogP contribution >= 0.6 is 0 Å². The van der Waals surface area contributed by atoms with Crippen molar-refractivity contribution >= 4 is 23.6 Å². The van der Waals surface area contributed by atoms with Crippen LogP contribution in [0.3, 0.4) is 0 Å². The Bertz CT molecular complexity index is 467. The first-order chi connectivity index (χ1) is 10.4. The predicted octanol–water partition coefficient (Wildman–Crippen LogP) is -1.46. The Balaban J connectivity index is 1.81. The number of piperazine rings is 1. The van der Waals surface area contributed by atoms with E-state index in [9.17, 15) is 19.2 Å². The maximum atomic E-state index is 12.2. The zero-order chi connectivity index (χ0) is 16.3. The summed E-state index contributed by atoms with van der Waals surface area (Å²) in [5, 5.41) is 0. The van der Waals surface area contributed by atoms with E-state index in [0.29, 0.717) is 32.6 Å². The average molecular weight is 310 g/mol. The summed E-state index contributed by atoms with van der Waals surface area (Å²) in [7, 11) is 0. The van der Waals surface area contributed by atoms with Crippen molar-refractivity contribution in [3.05, 3.63) is 0 Å². The van der Waals surface area contributed by atoms with E-state index >= 15 is 0 Å². The summed E-state index contributed by atoms with van der Waals surface area (Å²) in [5.41, 5.74) is 5.61. The van der Waals surface area contributed by atoms with Crippen molar-refractivity contribution in [2.45, 2.75) is 32.2 Å². The van der Waals surface area contributed by atoms with Gasteiger partial charge in [-0.05, 0) is 6.92 Å². The second kappa shape index (κ2) is 6.87. The van der Waals surface area contributed by atoms with Gasteiger partial charge in [0.15, 0.2) is 0 Å². The summed E-state index contributed by atoms with van der Waals surface area (Å²) < 4.78 is 0. The van der Waals surface area contributed by atoms with Crippen LogP contribution in [0.2, 0.25) is 0 Å². The first-order valence-electron chi connectivity index (χ1n) is 7.53. The van der Waals surface area contributed by atoms with Gasteiger partial charge in [-0.3, -0.25) is 24.1 Å². The minimum Gasteiger partial charge on any atom is -0.339 e. The Morgan fingerprint density at radius 2 is 1.45 bits per heavy atom. The number of carbonyl (C=O) groups is 4. The van der Waals surface area contributed by atoms with Gasteiger partial charge in [-0.25, -0.2) is 0 Å². The number of nitrogens with two attached hydrogens (primary N) is 1. The summed E-state index contributed by atoms with van der Waals surface area (Å²) in [5.74, 6) is -0.830. The fourth-order valence-corrected chi connectivity index (χ4v) is 2.64. The molecule has 1 unspecified atom stereocenters. The molecule has 2 N–H and O–H groups in total. The zero-order valence-corrected chi connectivity index (χ0v) is 12.8. The lowest BCUT2D eigenvalue weighted by Crippen LogP contribution is -2.53. The summed E-state index contributed by atoms with van der Waals surface area (Å²) in [6.45, 7) is 3.34. The SMILES string of the molecule is CC(N)CC(=O)N1CCN(C(=O)CN2C(=O)CCC2=O)CC1. The highest BCUT2D eigenvalue weighted by Crippen LogP contribution is 2.12. The molecule has 0 aliphatic carbocycles. The maximum Gasteiger partial charge on any atom is 0.242 e. The van der Waals surface area contributed by atoms with Crippen molar-refractivity contribution in [3.8, 4) is 0 Å². The van der Waals surface area contributed by atoms with Crippen molar-refractivity contribution in [2.24, 2.45) is 5.73 Å². The highest BCUT2D eigenvalue weighted by atomic mass is 16.2. The lowest BCUT2D eigenvalue weighted by atomic mass is 10.2. The molecule has 2 saturated heterocycles. The van der Waals surface area contributed by atoms with Gasteiger partial charge in [0.25, 0.3) is 0 Å². The Labute approximate surface area is 129 Å². The van der Waals surface area contributed by atoms with E-state index in [4.69, 9.17) is 5.73 Å². The van der Waals surface area contributed by atoms with Crippen LogP contribution in [0, 0.1) is 0 Å². The molecule has 0 spiro atoms. The molecule has 0 radical (unpaired) electrons. The van der Waals surface area contributed by atoms with Crippen molar-refractivity contribution < 1.29 is 19.2 Å². The zero-order valence-electron chi connectivity index (χ0n) is 12.8.